The summed E-state index contributed by atoms with van der Waals surface area (Å²) in [5, 5.41) is 0. The van der Waals surface area contributed by atoms with Crippen LogP contribution >= 0.6 is 27.7 Å². The monoisotopic (exact) mass is 343 g/mol. The number of hydrogen-bond donors (Lipinski definition) is 1. The summed E-state index contributed by atoms with van der Waals surface area (Å²) in [5.41, 5.74) is 5.82. The highest BCUT2D eigenvalue weighted by Crippen LogP contribution is 2.29. The Morgan fingerprint density at radius 2 is 1.79 bits per heavy atom. The molecule has 100 valence electrons. The number of rotatable bonds is 4. The first-order valence-electron chi connectivity index (χ1n) is 5.66. The smallest absolute Gasteiger partial charge is 0.145 e. The van der Waals surface area contributed by atoms with Gasteiger partial charge >= 0.3 is 0 Å². The zero-order chi connectivity index (χ0) is 13.8. The van der Waals surface area contributed by atoms with Gasteiger partial charge in [-0.15, -0.1) is 11.8 Å². The van der Waals surface area contributed by atoms with Crippen molar-refractivity contribution < 1.29 is 8.78 Å². The van der Waals surface area contributed by atoms with Gasteiger partial charge in [0.1, 0.15) is 11.6 Å². The van der Waals surface area contributed by atoms with E-state index >= 15 is 0 Å². The molecular weight excluding hydrogens is 332 g/mol. The van der Waals surface area contributed by atoms with Gasteiger partial charge < -0.3 is 5.73 Å². The molecule has 0 saturated heterocycles. The SMILES string of the molecule is NC(CSc1ccccc1)c1c(F)ccc(Br)c1F. The van der Waals surface area contributed by atoms with Crippen molar-refractivity contribution in [1.29, 1.82) is 0 Å². The van der Waals surface area contributed by atoms with Gasteiger partial charge in [-0.05, 0) is 40.2 Å². The fraction of sp³-hybridized carbons (Fsp3) is 0.143. The molecule has 1 atom stereocenters. The third kappa shape index (κ3) is 3.55. The van der Waals surface area contributed by atoms with Crippen molar-refractivity contribution in [2.75, 3.05) is 5.75 Å². The van der Waals surface area contributed by atoms with E-state index in [1.807, 2.05) is 30.3 Å². The topological polar surface area (TPSA) is 26.0 Å². The van der Waals surface area contributed by atoms with E-state index < -0.39 is 17.7 Å². The molecule has 2 aromatic carbocycles. The second-order valence-corrected chi connectivity index (χ2v) is 5.94. The van der Waals surface area contributed by atoms with Crippen molar-refractivity contribution in [1.82, 2.24) is 0 Å². The maximum Gasteiger partial charge on any atom is 0.145 e. The fourth-order valence-corrected chi connectivity index (χ4v) is 2.90. The number of thioether (sulfide) groups is 1. The number of halogens is 3. The molecule has 0 spiro atoms. The van der Waals surface area contributed by atoms with E-state index in [9.17, 15) is 8.78 Å². The Bertz CT molecular complexity index is 563. The summed E-state index contributed by atoms with van der Waals surface area (Å²) in [6.45, 7) is 0. The Morgan fingerprint density at radius 1 is 1.11 bits per heavy atom. The van der Waals surface area contributed by atoms with Crippen LogP contribution in [0.15, 0.2) is 51.8 Å². The van der Waals surface area contributed by atoms with Crippen LogP contribution < -0.4 is 5.73 Å². The highest BCUT2D eigenvalue weighted by atomic mass is 79.9. The van der Waals surface area contributed by atoms with Crippen LogP contribution in [0.5, 0.6) is 0 Å². The van der Waals surface area contributed by atoms with Gasteiger partial charge in [-0.2, -0.15) is 0 Å². The molecule has 0 aliphatic heterocycles. The van der Waals surface area contributed by atoms with Crippen LogP contribution in [0, 0.1) is 11.6 Å². The molecule has 0 bridgehead atoms. The van der Waals surface area contributed by atoms with Gasteiger partial charge in [-0.1, -0.05) is 18.2 Å². The lowest BCUT2D eigenvalue weighted by molar-refractivity contribution is 0.534. The standard InChI is InChI=1S/C14H12BrF2NS/c15-10-6-7-11(16)13(14(10)17)12(18)8-19-9-4-2-1-3-5-9/h1-7,12H,8,18H2. The normalized spacial score (nSPS) is 12.4. The molecule has 0 fully saturated rings. The third-order valence-electron chi connectivity index (χ3n) is 2.62. The lowest BCUT2D eigenvalue weighted by atomic mass is 10.1. The Morgan fingerprint density at radius 3 is 2.47 bits per heavy atom. The van der Waals surface area contributed by atoms with Gasteiger partial charge in [-0.3, -0.25) is 0 Å². The van der Waals surface area contributed by atoms with E-state index in [0.29, 0.717) is 5.75 Å². The van der Waals surface area contributed by atoms with Crippen molar-refractivity contribution in [3.63, 3.8) is 0 Å². The summed E-state index contributed by atoms with van der Waals surface area (Å²) >= 11 is 4.51. The molecule has 2 aromatic rings. The molecule has 2 N–H and O–H groups in total. The van der Waals surface area contributed by atoms with Crippen LogP contribution in [0.1, 0.15) is 11.6 Å². The average Bonchev–Trinajstić information content (AvgIpc) is 2.42. The molecule has 0 heterocycles. The largest absolute Gasteiger partial charge is 0.323 e. The van der Waals surface area contributed by atoms with E-state index in [1.165, 1.54) is 23.9 Å². The summed E-state index contributed by atoms with van der Waals surface area (Å²) in [5.74, 6) is -0.822. The summed E-state index contributed by atoms with van der Waals surface area (Å²) in [7, 11) is 0. The predicted octanol–water partition coefficient (Wildman–Crippen LogP) is 4.52. The first-order chi connectivity index (χ1) is 9.09. The number of benzene rings is 2. The van der Waals surface area contributed by atoms with Gasteiger partial charge in [0.2, 0.25) is 0 Å². The Kier molecular flexibility index (Phi) is 4.96. The molecule has 1 nitrogen and oxygen atoms in total. The van der Waals surface area contributed by atoms with Crippen molar-refractivity contribution in [2.24, 2.45) is 5.73 Å². The first-order valence-corrected chi connectivity index (χ1v) is 7.44. The molecule has 0 saturated carbocycles. The van der Waals surface area contributed by atoms with E-state index in [-0.39, 0.29) is 10.0 Å². The molecule has 19 heavy (non-hydrogen) atoms. The van der Waals surface area contributed by atoms with Crippen LogP contribution in [0.4, 0.5) is 8.78 Å². The zero-order valence-electron chi connectivity index (χ0n) is 9.95. The molecule has 0 radical (unpaired) electrons. The summed E-state index contributed by atoms with van der Waals surface area (Å²) in [6.07, 6.45) is 0. The Hall–Kier alpha value is -0.910. The molecule has 0 aliphatic rings. The van der Waals surface area contributed by atoms with Gasteiger partial charge in [0.25, 0.3) is 0 Å². The molecule has 0 aromatic heterocycles. The average molecular weight is 344 g/mol. The van der Waals surface area contributed by atoms with E-state index in [1.54, 1.807) is 0 Å². The van der Waals surface area contributed by atoms with Gasteiger partial charge in [0, 0.05) is 22.3 Å². The molecule has 5 heteroatoms. The quantitative estimate of drug-likeness (QED) is 0.652. The van der Waals surface area contributed by atoms with E-state index in [2.05, 4.69) is 15.9 Å². The predicted molar refractivity (Wildman–Crippen MR) is 78.2 cm³/mol. The Labute approximate surface area is 123 Å². The molecule has 0 amide bonds. The summed E-state index contributed by atoms with van der Waals surface area (Å²) in [4.78, 5) is 1.02. The van der Waals surface area contributed by atoms with E-state index in [0.717, 1.165) is 4.90 Å². The van der Waals surface area contributed by atoms with Gasteiger partial charge in [0.15, 0.2) is 0 Å². The minimum atomic E-state index is -0.692. The van der Waals surface area contributed by atoms with Crippen LogP contribution in [0.2, 0.25) is 0 Å². The van der Waals surface area contributed by atoms with Crippen LogP contribution in [0.3, 0.4) is 0 Å². The molecule has 0 aliphatic carbocycles. The maximum atomic E-state index is 13.9. The highest BCUT2D eigenvalue weighted by molar-refractivity contribution is 9.10. The fourth-order valence-electron chi connectivity index (χ4n) is 1.67. The zero-order valence-corrected chi connectivity index (χ0v) is 12.3. The van der Waals surface area contributed by atoms with Crippen LogP contribution in [-0.4, -0.2) is 5.75 Å². The maximum absolute atomic E-state index is 13.9. The summed E-state index contributed by atoms with van der Waals surface area (Å²) < 4.78 is 27.7. The van der Waals surface area contributed by atoms with Crippen molar-refractivity contribution in [3.8, 4) is 0 Å². The van der Waals surface area contributed by atoms with Crippen molar-refractivity contribution in [2.45, 2.75) is 10.9 Å². The van der Waals surface area contributed by atoms with E-state index in [4.69, 9.17) is 5.73 Å². The highest BCUT2D eigenvalue weighted by Gasteiger charge is 2.19. The number of nitrogens with two attached hydrogens (primary N) is 1. The van der Waals surface area contributed by atoms with Crippen molar-refractivity contribution in [3.05, 3.63) is 64.1 Å². The molecule has 2 rings (SSSR count). The second-order valence-electron chi connectivity index (χ2n) is 3.99. The molecule has 1 unspecified atom stereocenters. The minimum Gasteiger partial charge on any atom is -0.323 e. The van der Waals surface area contributed by atoms with Crippen LogP contribution in [-0.2, 0) is 0 Å². The lowest BCUT2D eigenvalue weighted by Crippen LogP contribution is -2.17. The van der Waals surface area contributed by atoms with Gasteiger partial charge in [0.05, 0.1) is 4.47 Å². The third-order valence-corrected chi connectivity index (χ3v) is 4.37. The van der Waals surface area contributed by atoms with Gasteiger partial charge in [-0.25, -0.2) is 8.78 Å². The van der Waals surface area contributed by atoms with Crippen LogP contribution in [0.25, 0.3) is 0 Å². The minimum absolute atomic E-state index is 0.0715. The Balaban J connectivity index is 2.12. The second kappa shape index (κ2) is 6.50. The molecular formula is C14H12BrF2NS. The number of hydrogen-bond acceptors (Lipinski definition) is 2. The summed E-state index contributed by atoms with van der Waals surface area (Å²) in [6, 6.07) is 11.5. The first kappa shape index (κ1) is 14.5. The van der Waals surface area contributed by atoms with Crippen molar-refractivity contribution >= 4 is 27.7 Å². The lowest BCUT2D eigenvalue weighted by Gasteiger charge is -2.14.